The van der Waals surface area contributed by atoms with Gasteiger partial charge in [-0.1, -0.05) is 41.5 Å². The van der Waals surface area contributed by atoms with Crippen LogP contribution in [0.5, 0.6) is 5.75 Å². The van der Waals surface area contributed by atoms with Crippen molar-refractivity contribution in [3.05, 3.63) is 89.0 Å². The average Bonchev–Trinajstić information content (AvgIpc) is 2.78. The van der Waals surface area contributed by atoms with Gasteiger partial charge < -0.3 is 10.1 Å². The second kappa shape index (κ2) is 9.14. The summed E-state index contributed by atoms with van der Waals surface area (Å²) < 4.78 is 33.1. The van der Waals surface area contributed by atoms with Gasteiger partial charge in [0.2, 0.25) is 10.0 Å². The van der Waals surface area contributed by atoms with Crippen LogP contribution in [0.2, 0.25) is 0 Å². The van der Waals surface area contributed by atoms with Gasteiger partial charge in [0.1, 0.15) is 5.75 Å². The summed E-state index contributed by atoms with van der Waals surface area (Å²) in [6.45, 7) is 4.51. The number of nitrogens with zero attached hydrogens (tertiary/aromatic N) is 1. The number of hydrogen-bond acceptors (Lipinski definition) is 4. The van der Waals surface area contributed by atoms with Crippen molar-refractivity contribution >= 4 is 21.6 Å². The molecule has 0 radical (unpaired) electrons. The molecule has 0 aromatic heterocycles. The Bertz CT molecular complexity index is 1220. The first-order valence-corrected chi connectivity index (χ1v) is 11.9. The molecule has 0 unspecified atom stereocenters. The van der Waals surface area contributed by atoms with E-state index in [1.807, 2.05) is 56.3 Å². The predicted molar refractivity (Wildman–Crippen MR) is 124 cm³/mol. The van der Waals surface area contributed by atoms with Gasteiger partial charge in [-0.3, -0.25) is 4.79 Å². The van der Waals surface area contributed by atoms with Gasteiger partial charge in [-0.15, -0.1) is 0 Å². The Kier molecular flexibility index (Phi) is 6.30. The van der Waals surface area contributed by atoms with E-state index in [1.54, 1.807) is 24.3 Å². The minimum atomic E-state index is -3.57. The minimum absolute atomic E-state index is 0.103. The average molecular weight is 451 g/mol. The molecule has 0 saturated carbocycles. The lowest BCUT2D eigenvalue weighted by atomic mass is 10.0. The predicted octanol–water partition coefficient (Wildman–Crippen LogP) is 4.07. The van der Waals surface area contributed by atoms with E-state index in [4.69, 9.17) is 4.74 Å². The monoisotopic (exact) mass is 450 g/mol. The first-order valence-electron chi connectivity index (χ1n) is 10.5. The number of rotatable bonds is 6. The second-order valence-corrected chi connectivity index (χ2v) is 9.97. The van der Waals surface area contributed by atoms with Crippen LogP contribution in [0.25, 0.3) is 0 Å². The Labute approximate surface area is 188 Å². The van der Waals surface area contributed by atoms with Crippen LogP contribution in [0, 0.1) is 13.8 Å². The van der Waals surface area contributed by atoms with Gasteiger partial charge in [0.05, 0.1) is 4.90 Å². The van der Waals surface area contributed by atoms with Gasteiger partial charge in [0.25, 0.3) is 5.91 Å². The van der Waals surface area contributed by atoms with Crippen LogP contribution in [0.3, 0.4) is 0 Å². The molecule has 0 atom stereocenters. The Morgan fingerprint density at radius 1 is 0.938 bits per heavy atom. The van der Waals surface area contributed by atoms with E-state index in [1.165, 1.54) is 4.31 Å². The van der Waals surface area contributed by atoms with E-state index in [9.17, 15) is 13.2 Å². The van der Waals surface area contributed by atoms with Crippen LogP contribution in [0.4, 0.5) is 5.69 Å². The number of carbonyl (C=O) groups excluding carboxylic acids is 1. The lowest BCUT2D eigenvalue weighted by molar-refractivity contribution is -0.118. The summed E-state index contributed by atoms with van der Waals surface area (Å²) in [5, 5.41) is 2.83. The Balaban J connectivity index is 1.42. The normalized spacial score (nSPS) is 13.9. The fourth-order valence-corrected chi connectivity index (χ4v) is 5.07. The van der Waals surface area contributed by atoms with Crippen molar-refractivity contribution in [3.63, 3.8) is 0 Å². The molecular formula is C25H26N2O4S. The lowest BCUT2D eigenvalue weighted by Crippen LogP contribution is -2.36. The number of anilines is 1. The third-order valence-electron chi connectivity index (χ3n) is 5.52. The number of fused-ring (bicyclic) bond motifs is 1. The van der Waals surface area contributed by atoms with Crippen LogP contribution in [-0.4, -0.2) is 31.8 Å². The van der Waals surface area contributed by atoms with Crippen LogP contribution < -0.4 is 10.1 Å². The van der Waals surface area contributed by atoms with Gasteiger partial charge in [0, 0.05) is 18.8 Å². The zero-order chi connectivity index (χ0) is 22.7. The fourth-order valence-electron chi connectivity index (χ4n) is 3.65. The van der Waals surface area contributed by atoms with Crippen molar-refractivity contribution in [1.82, 2.24) is 4.31 Å². The molecular weight excluding hydrogens is 424 g/mol. The standard InChI is InChI=1S/C25H26N2O4S/c1-18-3-9-23(10-4-18)31-17-25(28)26-22-8-7-20-13-14-27(16-21(20)15-22)32(29,30)24-11-5-19(2)6-12-24/h3-12,15H,13-14,16-17H2,1-2H3,(H,26,28). The Morgan fingerprint density at radius 2 is 1.59 bits per heavy atom. The molecule has 1 heterocycles. The molecule has 3 aromatic carbocycles. The number of amides is 1. The molecule has 3 aromatic rings. The molecule has 1 aliphatic heterocycles. The summed E-state index contributed by atoms with van der Waals surface area (Å²) >= 11 is 0. The maximum Gasteiger partial charge on any atom is 0.262 e. The van der Waals surface area contributed by atoms with Gasteiger partial charge >= 0.3 is 0 Å². The van der Waals surface area contributed by atoms with Crippen LogP contribution >= 0.6 is 0 Å². The van der Waals surface area contributed by atoms with Crippen molar-refractivity contribution in [2.45, 2.75) is 31.7 Å². The SMILES string of the molecule is Cc1ccc(OCC(=O)Nc2ccc3c(c2)CN(S(=O)(=O)c2ccc(C)cc2)CC3)cc1. The number of carbonyl (C=O) groups is 1. The largest absolute Gasteiger partial charge is 0.484 e. The summed E-state index contributed by atoms with van der Waals surface area (Å²) in [6.07, 6.45) is 0.630. The highest BCUT2D eigenvalue weighted by atomic mass is 32.2. The molecule has 0 bridgehead atoms. The van der Waals surface area contributed by atoms with Gasteiger partial charge in [-0.05, 0) is 67.8 Å². The molecule has 6 nitrogen and oxygen atoms in total. The smallest absolute Gasteiger partial charge is 0.262 e. The topological polar surface area (TPSA) is 75.7 Å². The van der Waals surface area contributed by atoms with E-state index in [-0.39, 0.29) is 19.1 Å². The van der Waals surface area contributed by atoms with E-state index in [0.717, 1.165) is 22.3 Å². The number of nitrogens with one attached hydrogen (secondary N) is 1. The molecule has 0 saturated heterocycles. The Hall–Kier alpha value is -3.16. The van der Waals surface area contributed by atoms with E-state index >= 15 is 0 Å². The number of aryl methyl sites for hydroxylation is 2. The fraction of sp³-hybridized carbons (Fsp3) is 0.240. The first-order chi connectivity index (χ1) is 15.3. The van der Waals surface area contributed by atoms with E-state index in [2.05, 4.69) is 5.32 Å². The highest BCUT2D eigenvalue weighted by molar-refractivity contribution is 7.89. The quantitative estimate of drug-likeness (QED) is 0.614. The van der Waals surface area contributed by atoms with Crippen molar-refractivity contribution in [1.29, 1.82) is 0 Å². The van der Waals surface area contributed by atoms with Gasteiger partial charge in [0.15, 0.2) is 6.61 Å². The van der Waals surface area contributed by atoms with Gasteiger partial charge in [-0.25, -0.2) is 8.42 Å². The molecule has 1 amide bonds. The van der Waals surface area contributed by atoms with E-state index < -0.39 is 10.0 Å². The summed E-state index contributed by atoms with van der Waals surface area (Å²) in [5.41, 5.74) is 4.74. The number of benzene rings is 3. The number of sulfonamides is 1. The summed E-state index contributed by atoms with van der Waals surface area (Å²) in [4.78, 5) is 12.6. The van der Waals surface area contributed by atoms with Crippen molar-refractivity contribution in [3.8, 4) is 5.75 Å². The van der Waals surface area contributed by atoms with Crippen molar-refractivity contribution in [2.24, 2.45) is 0 Å². The zero-order valence-corrected chi connectivity index (χ0v) is 19.0. The van der Waals surface area contributed by atoms with Crippen molar-refractivity contribution in [2.75, 3.05) is 18.5 Å². The van der Waals surface area contributed by atoms with Crippen LogP contribution in [0.1, 0.15) is 22.3 Å². The second-order valence-electron chi connectivity index (χ2n) is 8.04. The summed E-state index contributed by atoms with van der Waals surface area (Å²) in [7, 11) is -3.57. The lowest BCUT2D eigenvalue weighted by Gasteiger charge is -2.28. The molecule has 0 aliphatic carbocycles. The molecule has 32 heavy (non-hydrogen) atoms. The molecule has 0 spiro atoms. The van der Waals surface area contributed by atoms with Crippen molar-refractivity contribution < 1.29 is 17.9 Å². The number of ether oxygens (including phenoxy) is 1. The summed E-state index contributed by atoms with van der Waals surface area (Å²) in [5.74, 6) is 0.360. The van der Waals surface area contributed by atoms with Crippen LogP contribution in [-0.2, 0) is 27.8 Å². The van der Waals surface area contributed by atoms with Gasteiger partial charge in [-0.2, -0.15) is 4.31 Å². The van der Waals surface area contributed by atoms with Crippen LogP contribution in [0.15, 0.2) is 71.6 Å². The maximum atomic E-state index is 13.1. The third kappa shape index (κ3) is 5.00. The summed E-state index contributed by atoms with van der Waals surface area (Å²) in [6, 6.07) is 20.0. The molecule has 1 aliphatic rings. The minimum Gasteiger partial charge on any atom is -0.484 e. The van der Waals surface area contributed by atoms with E-state index in [0.29, 0.717) is 29.3 Å². The zero-order valence-electron chi connectivity index (χ0n) is 18.2. The highest BCUT2D eigenvalue weighted by Crippen LogP contribution is 2.27. The first kappa shape index (κ1) is 22.0. The third-order valence-corrected chi connectivity index (χ3v) is 7.38. The molecule has 0 fully saturated rings. The molecule has 4 rings (SSSR count). The molecule has 1 N–H and O–H groups in total. The number of hydrogen-bond donors (Lipinski definition) is 1. The Morgan fingerprint density at radius 3 is 2.28 bits per heavy atom. The molecule has 166 valence electrons. The maximum absolute atomic E-state index is 13.1. The highest BCUT2D eigenvalue weighted by Gasteiger charge is 2.28. The molecule has 7 heteroatoms.